The number of aliphatic hydroxyl groups excluding tert-OH is 2. The van der Waals surface area contributed by atoms with E-state index in [1.807, 2.05) is 4.98 Å². The van der Waals surface area contributed by atoms with Crippen molar-refractivity contribution < 1.29 is 19.3 Å². The first-order valence-corrected chi connectivity index (χ1v) is 6.13. The Morgan fingerprint density at radius 1 is 1.56 bits per heavy atom. The maximum atomic E-state index is 13.8. The van der Waals surface area contributed by atoms with Gasteiger partial charge in [0, 0.05) is 6.20 Å². The molecule has 4 atom stereocenters. The van der Waals surface area contributed by atoms with Crippen LogP contribution in [0.4, 0.5) is 4.39 Å². The van der Waals surface area contributed by atoms with Crippen molar-refractivity contribution in [1.82, 2.24) is 9.55 Å². The Bertz CT molecular complexity index is 559. The molecule has 1 aliphatic rings. The van der Waals surface area contributed by atoms with E-state index in [0.29, 0.717) is 0 Å². The molecule has 1 aliphatic heterocycles. The predicted molar refractivity (Wildman–Crippen MR) is 65.9 cm³/mol. The number of rotatable bonds is 2. The number of alkyl halides is 1. The number of ether oxygens (including phenoxy) is 1. The molecule has 2 rings (SSSR count). The Morgan fingerprint density at radius 3 is 2.78 bits per heavy atom. The molecule has 0 amide bonds. The second kappa shape index (κ2) is 5.07. The second-order valence-electron chi connectivity index (χ2n) is 3.83. The third kappa shape index (κ3) is 2.22. The molecule has 3 N–H and O–H groups in total. The molecule has 9 heteroatoms. The summed E-state index contributed by atoms with van der Waals surface area (Å²) >= 11 is 1.69. The van der Waals surface area contributed by atoms with Crippen molar-refractivity contribution in [2.45, 2.75) is 24.6 Å². The molecule has 0 unspecified atom stereocenters. The highest BCUT2D eigenvalue weighted by molar-refractivity contribution is 14.1. The Morgan fingerprint density at radius 2 is 2.22 bits per heavy atom. The number of nitrogens with one attached hydrogen (secondary N) is 1. The molecule has 2 heterocycles. The molecule has 0 aromatic carbocycles. The van der Waals surface area contributed by atoms with E-state index in [1.54, 1.807) is 22.6 Å². The minimum absolute atomic E-state index is 0.185. The number of hydrogen-bond donors (Lipinski definition) is 3. The molecular formula is C9H10FIN2O5. The summed E-state index contributed by atoms with van der Waals surface area (Å²) < 4.78 is 19.9. The van der Waals surface area contributed by atoms with Gasteiger partial charge in [-0.05, 0) is 22.6 Å². The van der Waals surface area contributed by atoms with Gasteiger partial charge in [0.25, 0.3) is 5.56 Å². The highest BCUT2D eigenvalue weighted by Gasteiger charge is 2.45. The van der Waals surface area contributed by atoms with Gasteiger partial charge in [0.05, 0.1) is 10.2 Å². The number of aliphatic hydroxyl groups is 2. The lowest BCUT2D eigenvalue weighted by Gasteiger charge is -2.15. The Labute approximate surface area is 113 Å². The molecule has 1 aromatic heterocycles. The van der Waals surface area contributed by atoms with E-state index in [2.05, 4.69) is 0 Å². The second-order valence-corrected chi connectivity index (χ2v) is 4.99. The Kier molecular flexibility index (Phi) is 3.84. The van der Waals surface area contributed by atoms with Crippen molar-refractivity contribution in [3.05, 3.63) is 30.6 Å². The zero-order valence-corrected chi connectivity index (χ0v) is 11.1. The molecule has 1 saturated heterocycles. The third-order valence-corrected chi connectivity index (χ3v) is 3.44. The Balaban J connectivity index is 2.42. The van der Waals surface area contributed by atoms with Crippen LogP contribution >= 0.6 is 22.6 Å². The maximum absolute atomic E-state index is 13.8. The van der Waals surface area contributed by atoms with Gasteiger partial charge in [0.1, 0.15) is 12.2 Å². The summed E-state index contributed by atoms with van der Waals surface area (Å²) in [6.07, 6.45) is -4.69. The average Bonchev–Trinajstić information content (AvgIpc) is 2.61. The summed E-state index contributed by atoms with van der Waals surface area (Å²) in [6.45, 7) is -0.562. The SMILES string of the molecule is O=c1[nH]c(=O)n([C@@H]2O[C@H](CO)[C@@H](O)[C@@H]2F)cc1[125I]. The van der Waals surface area contributed by atoms with E-state index < -0.39 is 42.5 Å². The van der Waals surface area contributed by atoms with Crippen LogP contribution in [0.1, 0.15) is 6.23 Å². The molecule has 7 nitrogen and oxygen atoms in total. The fourth-order valence-corrected chi connectivity index (χ4v) is 2.16. The van der Waals surface area contributed by atoms with E-state index in [-0.39, 0.29) is 3.57 Å². The van der Waals surface area contributed by atoms with Gasteiger partial charge in [-0.25, -0.2) is 9.18 Å². The largest absolute Gasteiger partial charge is 0.394 e. The van der Waals surface area contributed by atoms with Gasteiger partial charge in [-0.3, -0.25) is 14.3 Å². The third-order valence-electron chi connectivity index (χ3n) is 2.67. The van der Waals surface area contributed by atoms with E-state index in [0.717, 1.165) is 10.8 Å². The maximum Gasteiger partial charge on any atom is 0.330 e. The summed E-state index contributed by atoms with van der Waals surface area (Å²) in [5.74, 6) is 0. The van der Waals surface area contributed by atoms with Crippen LogP contribution in [0.15, 0.2) is 15.8 Å². The van der Waals surface area contributed by atoms with Crippen LogP contribution in [0, 0.1) is 3.57 Å². The van der Waals surface area contributed by atoms with Crippen LogP contribution in [0.3, 0.4) is 0 Å². The Hall–Kier alpha value is -0.780. The highest BCUT2D eigenvalue weighted by Crippen LogP contribution is 2.30. The van der Waals surface area contributed by atoms with Gasteiger partial charge in [0.15, 0.2) is 12.4 Å². The monoisotopic (exact) mass is 370 g/mol. The summed E-state index contributed by atoms with van der Waals surface area (Å²) in [7, 11) is 0. The van der Waals surface area contributed by atoms with Gasteiger partial charge in [-0.1, -0.05) is 0 Å². The minimum Gasteiger partial charge on any atom is -0.394 e. The van der Waals surface area contributed by atoms with Gasteiger partial charge in [-0.2, -0.15) is 0 Å². The van der Waals surface area contributed by atoms with E-state index in [9.17, 15) is 19.1 Å². The normalized spacial score (nSPS) is 31.8. The minimum atomic E-state index is -1.86. The summed E-state index contributed by atoms with van der Waals surface area (Å²) in [5, 5.41) is 18.3. The fourth-order valence-electron chi connectivity index (χ4n) is 1.73. The van der Waals surface area contributed by atoms with Crippen LogP contribution in [0.2, 0.25) is 0 Å². The fraction of sp³-hybridized carbons (Fsp3) is 0.556. The van der Waals surface area contributed by atoms with Crippen molar-refractivity contribution in [2.24, 2.45) is 0 Å². The molecule has 0 bridgehead atoms. The van der Waals surface area contributed by atoms with Gasteiger partial charge < -0.3 is 14.9 Å². The van der Waals surface area contributed by atoms with Crippen molar-refractivity contribution in [1.29, 1.82) is 0 Å². The number of hydrogen-bond acceptors (Lipinski definition) is 5. The lowest BCUT2D eigenvalue weighted by Crippen LogP contribution is -2.37. The van der Waals surface area contributed by atoms with E-state index in [1.165, 1.54) is 0 Å². The molecule has 100 valence electrons. The first-order chi connectivity index (χ1) is 8.45. The number of aromatic amines is 1. The predicted octanol–water partition coefficient (Wildman–Crippen LogP) is -1.27. The smallest absolute Gasteiger partial charge is 0.330 e. The quantitative estimate of drug-likeness (QED) is 0.564. The zero-order valence-electron chi connectivity index (χ0n) is 8.92. The molecule has 0 spiro atoms. The lowest BCUT2D eigenvalue weighted by atomic mass is 10.1. The molecular weight excluding hydrogens is 360 g/mol. The van der Waals surface area contributed by atoms with Gasteiger partial charge in [-0.15, -0.1) is 0 Å². The summed E-state index contributed by atoms with van der Waals surface area (Å²) in [6, 6.07) is 0. The van der Waals surface area contributed by atoms with E-state index >= 15 is 0 Å². The number of aromatic nitrogens is 2. The average molecular weight is 370 g/mol. The number of H-pyrrole nitrogens is 1. The number of halogens is 2. The summed E-state index contributed by atoms with van der Waals surface area (Å²) in [5.41, 5.74) is -1.41. The molecule has 0 aliphatic carbocycles. The molecule has 1 aromatic rings. The van der Waals surface area contributed by atoms with Crippen LogP contribution in [-0.2, 0) is 4.74 Å². The number of nitrogens with zero attached hydrogens (tertiary/aromatic N) is 1. The summed E-state index contributed by atoms with van der Waals surface area (Å²) in [4.78, 5) is 24.7. The molecule has 1 fully saturated rings. The standard InChI is InChI=1S/C9H10FIN2O5/c10-5-6(15)4(2-14)18-8(5)13-1-3(11)7(16)12-9(13)17/h1,4-6,8,14-15H,2H2,(H,12,16,17)/t4-,5+,6-,8-/m1/s1/i11-2. The van der Waals surface area contributed by atoms with Gasteiger partial charge in [0.2, 0.25) is 0 Å². The first-order valence-electron chi connectivity index (χ1n) is 5.05. The molecule has 0 saturated carbocycles. The topological polar surface area (TPSA) is 105 Å². The van der Waals surface area contributed by atoms with Crippen molar-refractivity contribution >= 4 is 22.6 Å². The van der Waals surface area contributed by atoms with E-state index in [4.69, 9.17) is 9.84 Å². The van der Waals surface area contributed by atoms with Crippen LogP contribution in [0.25, 0.3) is 0 Å². The van der Waals surface area contributed by atoms with Crippen molar-refractivity contribution in [3.63, 3.8) is 0 Å². The van der Waals surface area contributed by atoms with Crippen LogP contribution in [-0.4, -0.2) is 44.8 Å². The molecule has 18 heavy (non-hydrogen) atoms. The van der Waals surface area contributed by atoms with Gasteiger partial charge >= 0.3 is 5.69 Å². The molecule has 0 radical (unpaired) electrons. The van der Waals surface area contributed by atoms with Crippen molar-refractivity contribution in [3.8, 4) is 0 Å². The van der Waals surface area contributed by atoms with Crippen LogP contribution in [0.5, 0.6) is 0 Å². The lowest BCUT2D eigenvalue weighted by molar-refractivity contribution is -0.0492. The zero-order chi connectivity index (χ0) is 13.4. The van der Waals surface area contributed by atoms with Crippen LogP contribution < -0.4 is 11.2 Å². The highest BCUT2D eigenvalue weighted by atomic mass is 125. The van der Waals surface area contributed by atoms with Crippen molar-refractivity contribution in [2.75, 3.05) is 6.61 Å². The first kappa shape index (κ1) is 13.6.